The van der Waals surface area contributed by atoms with Gasteiger partial charge >= 0.3 is 0 Å². The fraction of sp³-hybridized carbons (Fsp3) is 0.125. The Balaban J connectivity index is 1.73. The summed E-state index contributed by atoms with van der Waals surface area (Å²) in [6, 6.07) is 27.9. The Hall–Kier alpha value is -3.22. The third-order valence-electron chi connectivity index (χ3n) is 4.45. The summed E-state index contributed by atoms with van der Waals surface area (Å²) in [5.41, 5.74) is 2.53. The van der Waals surface area contributed by atoms with Crippen LogP contribution in [0.2, 0.25) is 0 Å². The van der Waals surface area contributed by atoms with Gasteiger partial charge in [-0.2, -0.15) is 4.31 Å². The maximum atomic E-state index is 13.0. The zero-order valence-electron chi connectivity index (χ0n) is 16.5. The van der Waals surface area contributed by atoms with Crippen LogP contribution in [0.1, 0.15) is 16.7 Å². The molecule has 1 amide bonds. The molecule has 1 N–H and O–H groups in total. The van der Waals surface area contributed by atoms with E-state index in [2.05, 4.69) is 5.32 Å². The van der Waals surface area contributed by atoms with Gasteiger partial charge < -0.3 is 5.32 Å². The van der Waals surface area contributed by atoms with Crippen molar-refractivity contribution in [1.82, 2.24) is 9.62 Å². The number of hydrogen-bond donors (Lipinski definition) is 1. The first-order valence-electron chi connectivity index (χ1n) is 9.61. The minimum absolute atomic E-state index is 0.112. The monoisotopic (exact) mass is 420 g/mol. The van der Waals surface area contributed by atoms with Gasteiger partial charge in [0.05, 0.1) is 6.54 Å². The summed E-state index contributed by atoms with van der Waals surface area (Å²) in [6.45, 7) is 0.197. The molecular weight excluding hydrogens is 396 g/mol. The lowest BCUT2D eigenvalue weighted by Gasteiger charge is -2.20. The van der Waals surface area contributed by atoms with Crippen LogP contribution in [-0.2, 0) is 27.9 Å². The van der Waals surface area contributed by atoms with Crippen molar-refractivity contribution in [3.05, 3.63) is 113 Å². The summed E-state index contributed by atoms with van der Waals surface area (Å²) >= 11 is 0. The average Bonchev–Trinajstić information content (AvgIpc) is 2.78. The molecule has 0 unspecified atom stereocenters. The predicted octanol–water partition coefficient (Wildman–Crippen LogP) is 3.81. The van der Waals surface area contributed by atoms with Crippen molar-refractivity contribution in [1.29, 1.82) is 0 Å². The second-order valence-corrected chi connectivity index (χ2v) is 8.59. The summed E-state index contributed by atoms with van der Waals surface area (Å²) in [4.78, 5) is 12.5. The van der Waals surface area contributed by atoms with Crippen molar-refractivity contribution >= 4 is 22.0 Å². The summed E-state index contributed by atoms with van der Waals surface area (Å²) in [5, 5.41) is 3.94. The standard InChI is InChI=1S/C24H24N2O3S/c27-24(25-18-22-12-6-2-7-13-22)20-26(19-23-14-8-3-9-15-23)30(28,29)17-16-21-10-4-1-5-11-21/h1-17H,18-20H2,(H,25,27)/b17-16+. The highest BCUT2D eigenvalue weighted by Crippen LogP contribution is 2.13. The number of amides is 1. The molecule has 0 aromatic heterocycles. The molecule has 6 heteroatoms. The van der Waals surface area contributed by atoms with E-state index in [1.165, 1.54) is 10.4 Å². The first-order chi connectivity index (χ1) is 14.5. The molecule has 30 heavy (non-hydrogen) atoms. The SMILES string of the molecule is O=C(CN(Cc1ccccc1)S(=O)(=O)/C=C/c1ccccc1)NCc1ccccc1. The largest absolute Gasteiger partial charge is 0.351 e. The molecule has 3 aromatic carbocycles. The van der Waals surface area contributed by atoms with Crippen LogP contribution in [0.5, 0.6) is 0 Å². The molecule has 0 aliphatic carbocycles. The van der Waals surface area contributed by atoms with Crippen LogP contribution in [0.4, 0.5) is 0 Å². The second kappa shape index (κ2) is 10.5. The molecule has 0 aliphatic rings. The number of hydrogen-bond acceptors (Lipinski definition) is 3. The maximum Gasteiger partial charge on any atom is 0.237 e. The Morgan fingerprint density at radius 2 is 1.33 bits per heavy atom. The molecule has 3 aromatic rings. The fourth-order valence-electron chi connectivity index (χ4n) is 2.85. The van der Waals surface area contributed by atoms with E-state index in [-0.39, 0.29) is 19.0 Å². The molecule has 0 atom stereocenters. The molecule has 0 radical (unpaired) electrons. The zero-order valence-corrected chi connectivity index (χ0v) is 17.3. The van der Waals surface area contributed by atoms with Crippen molar-refractivity contribution in [2.45, 2.75) is 13.1 Å². The Bertz CT molecular complexity index is 1070. The van der Waals surface area contributed by atoms with Gasteiger partial charge in [-0.15, -0.1) is 0 Å². The molecule has 0 saturated carbocycles. The molecule has 0 saturated heterocycles. The maximum absolute atomic E-state index is 13.0. The fourth-order valence-corrected chi connectivity index (χ4v) is 3.98. The number of carbonyl (C=O) groups excluding carboxylic acids is 1. The summed E-state index contributed by atoms with van der Waals surface area (Å²) in [6.07, 6.45) is 1.54. The van der Waals surface area contributed by atoms with Crippen LogP contribution in [0.25, 0.3) is 6.08 Å². The van der Waals surface area contributed by atoms with Gasteiger partial charge in [-0.25, -0.2) is 8.42 Å². The third-order valence-corrected chi connectivity index (χ3v) is 5.90. The van der Waals surface area contributed by atoms with Crippen LogP contribution >= 0.6 is 0 Å². The van der Waals surface area contributed by atoms with Gasteiger partial charge in [0.25, 0.3) is 0 Å². The summed E-state index contributed by atoms with van der Waals surface area (Å²) < 4.78 is 27.1. The zero-order chi connectivity index (χ0) is 21.2. The van der Waals surface area contributed by atoms with E-state index < -0.39 is 10.0 Å². The Morgan fingerprint density at radius 3 is 1.93 bits per heavy atom. The topological polar surface area (TPSA) is 66.5 Å². The summed E-state index contributed by atoms with van der Waals surface area (Å²) in [7, 11) is -3.80. The average molecular weight is 421 g/mol. The van der Waals surface area contributed by atoms with Crippen molar-refractivity contribution in [2.75, 3.05) is 6.54 Å². The number of carbonyl (C=O) groups is 1. The molecule has 0 spiro atoms. The lowest BCUT2D eigenvalue weighted by Crippen LogP contribution is -2.39. The molecule has 3 rings (SSSR count). The normalized spacial score (nSPS) is 11.6. The third kappa shape index (κ3) is 6.69. The van der Waals surface area contributed by atoms with E-state index in [9.17, 15) is 13.2 Å². The van der Waals surface area contributed by atoms with E-state index in [4.69, 9.17) is 0 Å². The molecule has 0 heterocycles. The Morgan fingerprint density at radius 1 is 0.800 bits per heavy atom. The first kappa shape index (κ1) is 21.5. The van der Waals surface area contributed by atoms with E-state index >= 15 is 0 Å². The van der Waals surface area contributed by atoms with Crippen molar-refractivity contribution in [3.8, 4) is 0 Å². The summed E-state index contributed by atoms with van der Waals surface area (Å²) in [5.74, 6) is -0.355. The van der Waals surface area contributed by atoms with E-state index in [1.54, 1.807) is 0 Å². The van der Waals surface area contributed by atoms with Gasteiger partial charge in [0, 0.05) is 18.5 Å². The van der Waals surface area contributed by atoms with Gasteiger partial charge in [0.1, 0.15) is 0 Å². The molecule has 0 bridgehead atoms. The van der Waals surface area contributed by atoms with E-state index in [1.807, 2.05) is 91.0 Å². The van der Waals surface area contributed by atoms with Gasteiger partial charge in [-0.1, -0.05) is 91.0 Å². The van der Waals surface area contributed by atoms with E-state index in [0.717, 1.165) is 22.1 Å². The van der Waals surface area contributed by atoms with Crippen molar-refractivity contribution in [2.24, 2.45) is 0 Å². The molecule has 154 valence electrons. The number of sulfonamides is 1. The van der Waals surface area contributed by atoms with Gasteiger partial charge in [0.2, 0.25) is 15.9 Å². The molecule has 0 fully saturated rings. The van der Waals surface area contributed by atoms with Crippen LogP contribution in [0, 0.1) is 0 Å². The number of nitrogens with one attached hydrogen (secondary N) is 1. The van der Waals surface area contributed by atoms with Crippen LogP contribution < -0.4 is 5.32 Å². The smallest absolute Gasteiger partial charge is 0.237 e. The molecule has 5 nitrogen and oxygen atoms in total. The number of nitrogens with zero attached hydrogens (tertiary/aromatic N) is 1. The number of rotatable bonds is 9. The number of benzene rings is 3. The highest BCUT2D eigenvalue weighted by atomic mass is 32.2. The van der Waals surface area contributed by atoms with Crippen LogP contribution in [-0.4, -0.2) is 25.2 Å². The van der Waals surface area contributed by atoms with Crippen molar-refractivity contribution in [3.63, 3.8) is 0 Å². The Labute approximate surface area is 177 Å². The minimum Gasteiger partial charge on any atom is -0.351 e. The van der Waals surface area contributed by atoms with Crippen LogP contribution in [0.15, 0.2) is 96.4 Å². The molecular formula is C24H24N2O3S. The first-order valence-corrected chi connectivity index (χ1v) is 11.1. The van der Waals surface area contributed by atoms with Crippen LogP contribution in [0.3, 0.4) is 0 Å². The van der Waals surface area contributed by atoms with E-state index in [0.29, 0.717) is 6.54 Å². The van der Waals surface area contributed by atoms with Gasteiger partial charge in [-0.05, 0) is 22.8 Å². The highest BCUT2D eigenvalue weighted by Gasteiger charge is 2.22. The van der Waals surface area contributed by atoms with Gasteiger partial charge in [0.15, 0.2) is 0 Å². The lowest BCUT2D eigenvalue weighted by atomic mass is 10.2. The highest BCUT2D eigenvalue weighted by molar-refractivity contribution is 7.92. The molecule has 0 aliphatic heterocycles. The Kier molecular flexibility index (Phi) is 7.54. The lowest BCUT2D eigenvalue weighted by molar-refractivity contribution is -0.121. The second-order valence-electron chi connectivity index (χ2n) is 6.77. The van der Waals surface area contributed by atoms with Gasteiger partial charge in [-0.3, -0.25) is 4.79 Å². The quantitative estimate of drug-likeness (QED) is 0.573. The predicted molar refractivity (Wildman–Crippen MR) is 120 cm³/mol. The van der Waals surface area contributed by atoms with Crippen molar-refractivity contribution < 1.29 is 13.2 Å². The minimum atomic E-state index is -3.80.